The summed E-state index contributed by atoms with van der Waals surface area (Å²) in [6.45, 7) is 1.63. The van der Waals surface area contributed by atoms with Crippen LogP contribution in [0.1, 0.15) is 17.0 Å². The minimum atomic E-state index is -4.87. The van der Waals surface area contributed by atoms with Gasteiger partial charge in [0.1, 0.15) is 0 Å². The molecule has 1 fully saturated rings. The summed E-state index contributed by atoms with van der Waals surface area (Å²) in [4.78, 5) is 13.5. The normalized spacial score (nSPS) is 21.2. The van der Waals surface area contributed by atoms with E-state index in [-0.39, 0.29) is 5.92 Å². The Morgan fingerprint density at radius 3 is 2.20 bits per heavy atom. The summed E-state index contributed by atoms with van der Waals surface area (Å²) >= 11 is 0. The van der Waals surface area contributed by atoms with Crippen LogP contribution in [-0.4, -0.2) is 36.1 Å². The lowest BCUT2D eigenvalue weighted by atomic mass is 9.94. The second-order valence-corrected chi connectivity index (χ2v) is 6.27. The third kappa shape index (κ3) is 4.39. The van der Waals surface area contributed by atoms with Gasteiger partial charge in [0.05, 0.1) is 0 Å². The van der Waals surface area contributed by atoms with Crippen molar-refractivity contribution in [2.24, 2.45) is 0 Å². The molecule has 1 heterocycles. The minimum Gasteiger partial charge on any atom is -0.344 e. The van der Waals surface area contributed by atoms with E-state index in [1.54, 1.807) is 0 Å². The molecule has 0 aromatic heterocycles. The Kier molecular flexibility index (Phi) is 5.08. The molecule has 1 aliphatic heterocycles. The van der Waals surface area contributed by atoms with Gasteiger partial charge in [0, 0.05) is 31.6 Å². The van der Waals surface area contributed by atoms with Crippen LogP contribution in [0.2, 0.25) is 0 Å². The molecular formula is C19H19F3N2O. The lowest BCUT2D eigenvalue weighted by molar-refractivity contribution is -0.174. The van der Waals surface area contributed by atoms with Crippen LogP contribution < -0.4 is 5.32 Å². The maximum atomic E-state index is 12.7. The fourth-order valence-corrected chi connectivity index (χ4v) is 3.29. The van der Waals surface area contributed by atoms with Gasteiger partial charge in [0.25, 0.3) is 0 Å². The van der Waals surface area contributed by atoms with E-state index < -0.39 is 18.1 Å². The van der Waals surface area contributed by atoms with E-state index in [0.717, 1.165) is 11.1 Å². The summed E-state index contributed by atoms with van der Waals surface area (Å²) in [6.07, 6.45) is -4.87. The fraction of sp³-hybridized carbons (Fsp3) is 0.316. The zero-order chi connectivity index (χ0) is 17.9. The summed E-state index contributed by atoms with van der Waals surface area (Å²) in [5.74, 6) is -2.05. The summed E-state index contributed by atoms with van der Waals surface area (Å²) in [5.41, 5.74) is 2.03. The maximum Gasteiger partial charge on any atom is 0.471 e. The molecular weight excluding hydrogens is 329 g/mol. The lowest BCUT2D eigenvalue weighted by Crippen LogP contribution is -2.46. The lowest BCUT2D eigenvalue weighted by Gasteiger charge is -2.21. The van der Waals surface area contributed by atoms with Gasteiger partial charge in [-0.25, -0.2) is 0 Å². The molecule has 3 nitrogen and oxygen atoms in total. The van der Waals surface area contributed by atoms with Crippen molar-refractivity contribution in [2.75, 3.05) is 13.1 Å². The second-order valence-electron chi connectivity index (χ2n) is 6.27. The van der Waals surface area contributed by atoms with Gasteiger partial charge in [0.2, 0.25) is 0 Å². The monoisotopic (exact) mass is 348 g/mol. The molecule has 3 rings (SSSR count). The van der Waals surface area contributed by atoms with E-state index in [1.807, 2.05) is 60.7 Å². The van der Waals surface area contributed by atoms with Gasteiger partial charge in [-0.1, -0.05) is 60.7 Å². The highest BCUT2D eigenvalue weighted by molar-refractivity contribution is 5.82. The highest BCUT2D eigenvalue weighted by Gasteiger charge is 2.43. The number of amides is 1. The van der Waals surface area contributed by atoms with Gasteiger partial charge in [0.15, 0.2) is 0 Å². The molecule has 132 valence electrons. The van der Waals surface area contributed by atoms with Crippen LogP contribution in [0, 0.1) is 0 Å². The molecule has 0 aliphatic carbocycles. The third-order valence-electron chi connectivity index (χ3n) is 4.45. The predicted octanol–water partition coefficient (Wildman–Crippen LogP) is 3.33. The number of likely N-dealkylation sites (tertiary alicyclic amines) is 1. The summed E-state index contributed by atoms with van der Waals surface area (Å²) in [5, 5.41) is 2.18. The fourth-order valence-electron chi connectivity index (χ4n) is 3.29. The Morgan fingerprint density at radius 2 is 1.60 bits per heavy atom. The van der Waals surface area contributed by atoms with E-state index in [9.17, 15) is 18.0 Å². The summed E-state index contributed by atoms with van der Waals surface area (Å²) in [6, 6.07) is 18.6. The zero-order valence-corrected chi connectivity index (χ0v) is 13.5. The van der Waals surface area contributed by atoms with Gasteiger partial charge < -0.3 is 5.32 Å². The summed E-state index contributed by atoms with van der Waals surface area (Å²) < 4.78 is 38.0. The number of carbonyl (C=O) groups is 1. The number of benzene rings is 2. The van der Waals surface area contributed by atoms with Gasteiger partial charge in [-0.15, -0.1) is 0 Å². The zero-order valence-electron chi connectivity index (χ0n) is 13.5. The number of hydrogen-bond donors (Lipinski definition) is 1. The SMILES string of the molecule is O=C(N[C@@H]1CN(Cc2ccccc2)C[C@@H]1c1ccccc1)C(F)(F)F. The molecule has 1 aliphatic rings. The molecule has 6 heteroatoms. The average molecular weight is 348 g/mol. The van der Waals surface area contributed by atoms with Gasteiger partial charge >= 0.3 is 12.1 Å². The molecule has 2 aromatic rings. The van der Waals surface area contributed by atoms with Gasteiger partial charge in [-0.05, 0) is 11.1 Å². The first-order valence-electron chi connectivity index (χ1n) is 8.12. The Hall–Kier alpha value is -2.34. The van der Waals surface area contributed by atoms with E-state index in [1.165, 1.54) is 0 Å². The number of hydrogen-bond acceptors (Lipinski definition) is 2. The van der Waals surface area contributed by atoms with Crippen LogP contribution in [-0.2, 0) is 11.3 Å². The predicted molar refractivity (Wildman–Crippen MR) is 88.9 cm³/mol. The molecule has 2 atom stereocenters. The molecule has 0 saturated carbocycles. The quantitative estimate of drug-likeness (QED) is 0.919. The smallest absolute Gasteiger partial charge is 0.344 e. The molecule has 2 aromatic carbocycles. The molecule has 25 heavy (non-hydrogen) atoms. The van der Waals surface area contributed by atoms with Crippen molar-refractivity contribution < 1.29 is 18.0 Å². The molecule has 0 spiro atoms. The first kappa shape index (κ1) is 17.5. The van der Waals surface area contributed by atoms with Crippen LogP contribution in [0.3, 0.4) is 0 Å². The van der Waals surface area contributed by atoms with Crippen molar-refractivity contribution in [3.8, 4) is 0 Å². The van der Waals surface area contributed by atoms with Crippen LogP contribution in [0.5, 0.6) is 0 Å². The average Bonchev–Trinajstić information content (AvgIpc) is 2.98. The number of alkyl halides is 3. The standard InChI is InChI=1S/C19H19F3N2O/c20-19(21,22)18(25)23-17-13-24(11-14-7-3-1-4-8-14)12-16(17)15-9-5-2-6-10-15/h1-10,16-17H,11-13H2,(H,23,25)/t16-,17-/m1/s1. The van der Waals surface area contributed by atoms with Crippen LogP contribution in [0.4, 0.5) is 13.2 Å². The van der Waals surface area contributed by atoms with Gasteiger partial charge in [-0.3, -0.25) is 9.69 Å². The van der Waals surface area contributed by atoms with Crippen molar-refractivity contribution in [1.82, 2.24) is 10.2 Å². The Balaban J connectivity index is 1.76. The van der Waals surface area contributed by atoms with Crippen molar-refractivity contribution in [3.05, 3.63) is 71.8 Å². The van der Waals surface area contributed by atoms with E-state index in [2.05, 4.69) is 10.2 Å². The molecule has 1 N–H and O–H groups in total. The third-order valence-corrected chi connectivity index (χ3v) is 4.45. The van der Waals surface area contributed by atoms with Crippen molar-refractivity contribution in [1.29, 1.82) is 0 Å². The number of nitrogens with zero attached hydrogens (tertiary/aromatic N) is 1. The first-order chi connectivity index (χ1) is 11.9. The minimum absolute atomic E-state index is 0.170. The summed E-state index contributed by atoms with van der Waals surface area (Å²) in [7, 11) is 0. The Bertz CT molecular complexity index is 704. The van der Waals surface area contributed by atoms with Crippen molar-refractivity contribution in [3.63, 3.8) is 0 Å². The second kappa shape index (κ2) is 7.27. The molecule has 1 amide bonds. The topological polar surface area (TPSA) is 32.3 Å². The van der Waals surface area contributed by atoms with Crippen molar-refractivity contribution in [2.45, 2.75) is 24.7 Å². The van der Waals surface area contributed by atoms with E-state index in [4.69, 9.17) is 0 Å². The van der Waals surface area contributed by atoms with Crippen LogP contribution >= 0.6 is 0 Å². The number of nitrogens with one attached hydrogen (secondary N) is 1. The number of carbonyl (C=O) groups excluding carboxylic acids is 1. The largest absolute Gasteiger partial charge is 0.471 e. The Morgan fingerprint density at radius 1 is 1.00 bits per heavy atom. The highest BCUT2D eigenvalue weighted by Crippen LogP contribution is 2.29. The number of rotatable bonds is 4. The van der Waals surface area contributed by atoms with E-state index >= 15 is 0 Å². The van der Waals surface area contributed by atoms with Crippen molar-refractivity contribution >= 4 is 5.91 Å². The molecule has 1 saturated heterocycles. The molecule has 0 bridgehead atoms. The van der Waals surface area contributed by atoms with Gasteiger partial charge in [-0.2, -0.15) is 13.2 Å². The van der Waals surface area contributed by atoms with Crippen LogP contribution in [0.25, 0.3) is 0 Å². The number of halogens is 3. The maximum absolute atomic E-state index is 12.7. The Labute approximate surface area is 144 Å². The molecule has 0 radical (unpaired) electrons. The molecule has 0 unspecified atom stereocenters. The first-order valence-corrected chi connectivity index (χ1v) is 8.12. The van der Waals surface area contributed by atoms with E-state index in [0.29, 0.717) is 19.6 Å². The van der Waals surface area contributed by atoms with Crippen LogP contribution in [0.15, 0.2) is 60.7 Å². The highest BCUT2D eigenvalue weighted by atomic mass is 19.4.